The fourth-order valence-electron chi connectivity index (χ4n) is 3.68. The van der Waals surface area contributed by atoms with Crippen LogP contribution in [0, 0.1) is 0 Å². The predicted octanol–water partition coefficient (Wildman–Crippen LogP) is 3.76. The Morgan fingerprint density at radius 3 is 2.20 bits per heavy atom. The molecule has 0 atom stereocenters. The Morgan fingerprint density at radius 2 is 1.53 bits per heavy atom. The van der Waals surface area contributed by atoms with Gasteiger partial charge in [0.2, 0.25) is 5.91 Å². The maximum absolute atomic E-state index is 10.6. The lowest BCUT2D eigenvalue weighted by molar-refractivity contribution is -0.123. The third-order valence-electron chi connectivity index (χ3n) is 5.18. The van der Waals surface area contributed by atoms with Gasteiger partial charge in [-0.1, -0.05) is 59.6 Å². The highest BCUT2D eigenvalue weighted by molar-refractivity contribution is 6.30. The van der Waals surface area contributed by atoms with Crippen LogP contribution in [0.1, 0.15) is 24.0 Å². The highest BCUT2D eigenvalue weighted by Gasteiger charge is 2.18. The summed E-state index contributed by atoms with van der Waals surface area (Å²) < 4.78 is 10.7. The van der Waals surface area contributed by atoms with Gasteiger partial charge in [-0.25, -0.2) is 0 Å². The molecule has 1 amide bonds. The number of benzene rings is 2. The molecule has 2 aromatic rings. The number of hydrogen-bond acceptors (Lipinski definition) is 4. The second kappa shape index (κ2) is 11.9. The van der Waals surface area contributed by atoms with Crippen molar-refractivity contribution in [3.63, 3.8) is 0 Å². The number of nitrogens with zero attached hydrogens (tertiary/aromatic N) is 1. The number of likely N-dealkylation sites (tertiary alicyclic amines) is 1. The Labute approximate surface area is 183 Å². The van der Waals surface area contributed by atoms with Gasteiger partial charge in [0.25, 0.3) is 0 Å². The summed E-state index contributed by atoms with van der Waals surface area (Å²) in [7, 11) is 0. The fraction of sp³-hybridized carbons (Fsp3) is 0.375. The Kier molecular flexibility index (Phi) is 8.90. The van der Waals surface area contributed by atoms with E-state index in [1.165, 1.54) is 22.3 Å². The van der Waals surface area contributed by atoms with Gasteiger partial charge in [0.1, 0.15) is 6.61 Å². The lowest BCUT2D eigenvalue weighted by Crippen LogP contribution is -2.34. The fourth-order valence-corrected chi connectivity index (χ4v) is 3.81. The second-order valence-electron chi connectivity index (χ2n) is 7.32. The van der Waals surface area contributed by atoms with Crippen LogP contribution in [0.4, 0.5) is 0 Å². The average molecular weight is 429 g/mol. The molecule has 0 saturated carbocycles. The molecule has 2 aromatic carbocycles. The number of hydrogen-bond donors (Lipinski definition) is 1. The number of rotatable bonds is 10. The maximum Gasteiger partial charge on any atom is 0.243 e. The molecule has 1 fully saturated rings. The molecule has 0 unspecified atom stereocenters. The molecular formula is C24H29ClN2O3. The topological polar surface area (TPSA) is 64.8 Å². The standard InChI is InChI=1S/C24H29ClN2O3/c25-22-8-6-20(7-9-22)24(19-4-2-1-3-5-19)21-10-12-27(13-11-21)14-15-29-16-17-30-18-23(26)28/h1-9H,10-18H2,(H2,26,28). The molecule has 0 spiro atoms. The zero-order chi connectivity index (χ0) is 21.2. The molecule has 3 rings (SSSR count). The molecule has 2 N–H and O–H groups in total. The van der Waals surface area contributed by atoms with Gasteiger partial charge in [-0.15, -0.1) is 0 Å². The van der Waals surface area contributed by atoms with E-state index in [1.54, 1.807) is 0 Å². The first-order chi connectivity index (χ1) is 14.6. The van der Waals surface area contributed by atoms with Crippen molar-refractivity contribution in [1.82, 2.24) is 4.90 Å². The molecule has 5 nitrogen and oxygen atoms in total. The average Bonchev–Trinajstić information content (AvgIpc) is 2.76. The molecule has 1 aliphatic rings. The van der Waals surface area contributed by atoms with Crippen molar-refractivity contribution in [3.8, 4) is 0 Å². The molecule has 0 aliphatic carbocycles. The Hall–Kier alpha value is -2.18. The number of halogens is 1. The van der Waals surface area contributed by atoms with E-state index >= 15 is 0 Å². The van der Waals surface area contributed by atoms with Crippen LogP contribution in [-0.2, 0) is 14.3 Å². The lowest BCUT2D eigenvalue weighted by Gasteiger charge is -2.30. The van der Waals surface area contributed by atoms with E-state index < -0.39 is 5.91 Å². The van der Waals surface area contributed by atoms with Crippen molar-refractivity contribution in [2.45, 2.75) is 12.8 Å². The normalized spacial score (nSPS) is 14.6. The van der Waals surface area contributed by atoms with Gasteiger partial charge in [0.05, 0.1) is 19.8 Å². The predicted molar refractivity (Wildman–Crippen MR) is 120 cm³/mol. The van der Waals surface area contributed by atoms with Gasteiger partial charge < -0.3 is 20.1 Å². The summed E-state index contributed by atoms with van der Waals surface area (Å²) >= 11 is 6.11. The van der Waals surface area contributed by atoms with Gasteiger partial charge in [-0.2, -0.15) is 0 Å². The quantitative estimate of drug-likeness (QED) is 0.585. The van der Waals surface area contributed by atoms with E-state index in [0.717, 1.165) is 37.5 Å². The first kappa shape index (κ1) is 22.5. The van der Waals surface area contributed by atoms with Crippen molar-refractivity contribution >= 4 is 23.1 Å². The third kappa shape index (κ3) is 6.96. The van der Waals surface area contributed by atoms with Crippen LogP contribution >= 0.6 is 11.6 Å². The molecule has 0 bridgehead atoms. The summed E-state index contributed by atoms with van der Waals surface area (Å²) in [6.45, 7) is 4.38. The summed E-state index contributed by atoms with van der Waals surface area (Å²) in [6.07, 6.45) is 2.07. The molecule has 1 heterocycles. The largest absolute Gasteiger partial charge is 0.378 e. The minimum Gasteiger partial charge on any atom is -0.378 e. The molecule has 1 aliphatic heterocycles. The number of piperidine rings is 1. The molecule has 30 heavy (non-hydrogen) atoms. The van der Waals surface area contributed by atoms with E-state index in [1.807, 2.05) is 12.1 Å². The highest BCUT2D eigenvalue weighted by Crippen LogP contribution is 2.32. The van der Waals surface area contributed by atoms with E-state index in [4.69, 9.17) is 26.8 Å². The molecule has 0 radical (unpaired) electrons. The summed E-state index contributed by atoms with van der Waals surface area (Å²) in [5.41, 5.74) is 10.3. The number of carbonyl (C=O) groups excluding carboxylic acids is 1. The summed E-state index contributed by atoms with van der Waals surface area (Å²) in [5.74, 6) is -0.458. The van der Waals surface area contributed by atoms with Crippen LogP contribution in [0.5, 0.6) is 0 Å². The van der Waals surface area contributed by atoms with Crippen molar-refractivity contribution in [3.05, 3.63) is 76.3 Å². The van der Waals surface area contributed by atoms with Crippen molar-refractivity contribution < 1.29 is 14.3 Å². The Bertz CT molecular complexity index is 827. The summed E-state index contributed by atoms with van der Waals surface area (Å²) in [6, 6.07) is 18.7. The van der Waals surface area contributed by atoms with E-state index in [-0.39, 0.29) is 6.61 Å². The van der Waals surface area contributed by atoms with Crippen LogP contribution < -0.4 is 5.73 Å². The Balaban J connectivity index is 1.55. The van der Waals surface area contributed by atoms with E-state index in [9.17, 15) is 4.79 Å². The van der Waals surface area contributed by atoms with Crippen molar-refractivity contribution in [1.29, 1.82) is 0 Å². The first-order valence-electron chi connectivity index (χ1n) is 10.3. The first-order valence-corrected chi connectivity index (χ1v) is 10.7. The van der Waals surface area contributed by atoms with Gasteiger partial charge in [0.15, 0.2) is 0 Å². The number of ether oxygens (including phenoxy) is 2. The molecule has 160 valence electrons. The maximum atomic E-state index is 10.6. The van der Waals surface area contributed by atoms with Crippen molar-refractivity contribution in [2.75, 3.05) is 46.1 Å². The zero-order valence-corrected chi connectivity index (χ0v) is 17.9. The third-order valence-corrected chi connectivity index (χ3v) is 5.43. The van der Waals surface area contributed by atoms with Crippen LogP contribution in [0.15, 0.2) is 60.2 Å². The zero-order valence-electron chi connectivity index (χ0n) is 17.2. The monoisotopic (exact) mass is 428 g/mol. The van der Waals surface area contributed by atoms with Crippen LogP contribution in [0.3, 0.4) is 0 Å². The number of nitrogens with two attached hydrogens (primary N) is 1. The smallest absolute Gasteiger partial charge is 0.243 e. The minimum absolute atomic E-state index is 0.0536. The SMILES string of the molecule is NC(=O)COCCOCCN1CCC(=C(c2ccccc2)c2ccc(Cl)cc2)CC1. The summed E-state index contributed by atoms with van der Waals surface area (Å²) in [5, 5.41) is 0.756. The summed E-state index contributed by atoms with van der Waals surface area (Å²) in [4.78, 5) is 13.0. The van der Waals surface area contributed by atoms with Crippen LogP contribution in [0.25, 0.3) is 5.57 Å². The second-order valence-corrected chi connectivity index (χ2v) is 7.76. The number of amides is 1. The van der Waals surface area contributed by atoms with Gasteiger partial charge in [-0.3, -0.25) is 4.79 Å². The molecule has 6 heteroatoms. The lowest BCUT2D eigenvalue weighted by atomic mass is 9.88. The minimum atomic E-state index is -0.458. The van der Waals surface area contributed by atoms with Crippen LogP contribution in [0.2, 0.25) is 5.02 Å². The van der Waals surface area contributed by atoms with Crippen LogP contribution in [-0.4, -0.2) is 56.9 Å². The molecule has 1 saturated heterocycles. The van der Waals surface area contributed by atoms with Crippen molar-refractivity contribution in [2.24, 2.45) is 5.73 Å². The van der Waals surface area contributed by atoms with E-state index in [0.29, 0.717) is 19.8 Å². The molecule has 0 aromatic heterocycles. The van der Waals surface area contributed by atoms with Gasteiger partial charge in [-0.05, 0) is 41.7 Å². The highest BCUT2D eigenvalue weighted by atomic mass is 35.5. The number of primary amides is 1. The number of carbonyl (C=O) groups is 1. The van der Waals surface area contributed by atoms with Gasteiger partial charge in [0, 0.05) is 24.7 Å². The van der Waals surface area contributed by atoms with Gasteiger partial charge >= 0.3 is 0 Å². The molecular weight excluding hydrogens is 400 g/mol. The Morgan fingerprint density at radius 1 is 0.900 bits per heavy atom. The van der Waals surface area contributed by atoms with E-state index in [2.05, 4.69) is 47.4 Å².